The number of carbonyl (C=O) groups is 1. The van der Waals surface area contributed by atoms with Gasteiger partial charge in [0.25, 0.3) is 0 Å². The summed E-state index contributed by atoms with van der Waals surface area (Å²) in [6.45, 7) is 8.97. The molecule has 0 radical (unpaired) electrons. The molecule has 2 unspecified atom stereocenters. The number of hydrogen-bond donors (Lipinski definition) is 1. The molecule has 4 saturated carbocycles. The fourth-order valence-electron chi connectivity index (χ4n) is 7.82. The molecule has 2 bridgehead atoms. The molecule has 0 amide bonds. The molecule has 1 spiro atoms. The Morgan fingerprint density at radius 1 is 1.00 bits per heavy atom. The van der Waals surface area contributed by atoms with Gasteiger partial charge in [-0.2, -0.15) is 0 Å². The number of rotatable bonds is 0. The summed E-state index contributed by atoms with van der Waals surface area (Å²) < 4.78 is 0. The van der Waals surface area contributed by atoms with Crippen LogP contribution < -0.4 is 0 Å². The van der Waals surface area contributed by atoms with E-state index in [0.717, 1.165) is 25.2 Å². The molecule has 124 valence electrons. The molecular formula is C20H32O2. The standard InChI is InChI=1S/C20H32O2/c1-17(2)14-7-10-20-11-13(19(4,22)12-20)5-6-15(20)18(14,3)9-8-16(17)21/h13-15,22H,5-12H2,1-4H3/t13-,14?,15?,18+,19+,20-/m0/s1. The van der Waals surface area contributed by atoms with Crippen LogP contribution in [-0.2, 0) is 4.79 Å². The molecule has 0 aromatic carbocycles. The molecule has 6 atom stereocenters. The van der Waals surface area contributed by atoms with Crippen molar-refractivity contribution in [3.8, 4) is 0 Å². The maximum absolute atomic E-state index is 12.5. The van der Waals surface area contributed by atoms with Crippen LogP contribution >= 0.6 is 0 Å². The smallest absolute Gasteiger partial charge is 0.138 e. The normalized spacial score (nSPS) is 56.4. The zero-order chi connectivity index (χ0) is 16.0. The summed E-state index contributed by atoms with van der Waals surface area (Å²) in [6, 6.07) is 0. The minimum atomic E-state index is -0.446. The Morgan fingerprint density at radius 3 is 2.45 bits per heavy atom. The Kier molecular flexibility index (Phi) is 2.88. The van der Waals surface area contributed by atoms with Crippen LogP contribution in [0.2, 0.25) is 0 Å². The van der Waals surface area contributed by atoms with Crippen LogP contribution in [0, 0.1) is 34.0 Å². The maximum Gasteiger partial charge on any atom is 0.138 e. The third kappa shape index (κ3) is 1.68. The first-order valence-corrected chi connectivity index (χ1v) is 9.38. The summed E-state index contributed by atoms with van der Waals surface area (Å²) >= 11 is 0. The highest BCUT2D eigenvalue weighted by molar-refractivity contribution is 5.85. The predicted octanol–water partition coefficient (Wildman–Crippen LogP) is 4.35. The first-order valence-electron chi connectivity index (χ1n) is 9.38. The maximum atomic E-state index is 12.5. The van der Waals surface area contributed by atoms with Crippen LogP contribution in [0.15, 0.2) is 0 Å². The molecule has 2 heteroatoms. The lowest BCUT2D eigenvalue weighted by molar-refractivity contribution is -0.165. The van der Waals surface area contributed by atoms with E-state index in [-0.39, 0.29) is 5.41 Å². The molecular weight excluding hydrogens is 272 g/mol. The van der Waals surface area contributed by atoms with Crippen LogP contribution in [0.3, 0.4) is 0 Å². The lowest BCUT2D eigenvalue weighted by Crippen LogP contribution is -2.58. The van der Waals surface area contributed by atoms with Gasteiger partial charge in [0, 0.05) is 11.8 Å². The Hall–Kier alpha value is -0.370. The van der Waals surface area contributed by atoms with Gasteiger partial charge < -0.3 is 5.11 Å². The van der Waals surface area contributed by atoms with Crippen molar-refractivity contribution in [1.82, 2.24) is 0 Å². The van der Waals surface area contributed by atoms with Crippen molar-refractivity contribution in [2.75, 3.05) is 0 Å². The fraction of sp³-hybridized carbons (Fsp3) is 0.950. The molecule has 0 aliphatic heterocycles. The largest absolute Gasteiger partial charge is 0.390 e. The molecule has 0 aromatic rings. The molecule has 4 fully saturated rings. The minimum absolute atomic E-state index is 0.146. The molecule has 0 heterocycles. The lowest BCUT2D eigenvalue weighted by atomic mass is 9.41. The average Bonchev–Trinajstić information content (AvgIpc) is 2.60. The molecule has 4 rings (SSSR count). The third-order valence-corrected chi connectivity index (χ3v) is 8.79. The van der Waals surface area contributed by atoms with Crippen LogP contribution in [0.4, 0.5) is 0 Å². The van der Waals surface area contributed by atoms with Crippen LogP contribution in [-0.4, -0.2) is 16.5 Å². The second-order valence-corrected chi connectivity index (χ2v) is 10.2. The van der Waals surface area contributed by atoms with Crippen molar-refractivity contribution >= 4 is 5.78 Å². The van der Waals surface area contributed by atoms with E-state index in [4.69, 9.17) is 0 Å². The van der Waals surface area contributed by atoms with Crippen LogP contribution in [0.1, 0.15) is 79.1 Å². The van der Waals surface area contributed by atoms with Gasteiger partial charge in [0.05, 0.1) is 5.60 Å². The molecule has 1 N–H and O–H groups in total. The highest BCUT2D eigenvalue weighted by atomic mass is 16.3. The van der Waals surface area contributed by atoms with E-state index in [0.29, 0.717) is 28.4 Å². The fourth-order valence-corrected chi connectivity index (χ4v) is 7.82. The zero-order valence-electron chi connectivity index (χ0n) is 14.7. The summed E-state index contributed by atoms with van der Waals surface area (Å²) in [5, 5.41) is 10.9. The Bertz CT molecular complexity index is 520. The van der Waals surface area contributed by atoms with Gasteiger partial charge >= 0.3 is 0 Å². The minimum Gasteiger partial charge on any atom is -0.390 e. The summed E-state index contributed by atoms with van der Waals surface area (Å²) in [7, 11) is 0. The molecule has 2 nitrogen and oxygen atoms in total. The van der Waals surface area contributed by atoms with Gasteiger partial charge in [-0.1, -0.05) is 20.8 Å². The van der Waals surface area contributed by atoms with E-state index in [1.54, 1.807) is 0 Å². The first-order chi connectivity index (χ1) is 10.1. The van der Waals surface area contributed by atoms with E-state index in [9.17, 15) is 9.90 Å². The quantitative estimate of drug-likeness (QED) is 0.722. The van der Waals surface area contributed by atoms with E-state index in [1.165, 1.54) is 32.1 Å². The monoisotopic (exact) mass is 304 g/mol. The van der Waals surface area contributed by atoms with Crippen molar-refractivity contribution in [2.45, 2.75) is 84.7 Å². The van der Waals surface area contributed by atoms with Crippen LogP contribution in [0.25, 0.3) is 0 Å². The van der Waals surface area contributed by atoms with Gasteiger partial charge in [0.1, 0.15) is 5.78 Å². The van der Waals surface area contributed by atoms with Crippen molar-refractivity contribution < 1.29 is 9.90 Å². The lowest BCUT2D eigenvalue weighted by Gasteiger charge is -2.63. The Balaban J connectivity index is 1.74. The second-order valence-electron chi connectivity index (χ2n) is 10.2. The van der Waals surface area contributed by atoms with Crippen molar-refractivity contribution in [2.24, 2.45) is 34.0 Å². The number of carbonyl (C=O) groups excluding carboxylic acids is 1. The second kappa shape index (κ2) is 4.18. The number of Topliss-reactive ketones (excluding diaryl/α,β-unsaturated/α-hetero) is 1. The molecule has 4 aliphatic carbocycles. The van der Waals surface area contributed by atoms with Gasteiger partial charge in [0.2, 0.25) is 0 Å². The van der Waals surface area contributed by atoms with Gasteiger partial charge in [-0.3, -0.25) is 4.79 Å². The van der Waals surface area contributed by atoms with E-state index in [2.05, 4.69) is 27.7 Å². The first kappa shape index (κ1) is 15.2. The SMILES string of the molecule is CC1(C)C(=O)CC[C@]2(C)C1CC[C@@]13C[C@H](CCC12)[C@](C)(O)C3. The summed E-state index contributed by atoms with van der Waals surface area (Å²) in [6.07, 6.45) is 8.99. The van der Waals surface area contributed by atoms with Gasteiger partial charge in [0.15, 0.2) is 0 Å². The average molecular weight is 304 g/mol. The number of hydrogen-bond acceptors (Lipinski definition) is 2. The molecule has 0 aromatic heterocycles. The zero-order valence-corrected chi connectivity index (χ0v) is 14.7. The summed E-state index contributed by atoms with van der Waals surface area (Å²) in [5.74, 6) is 2.26. The van der Waals surface area contributed by atoms with Crippen LogP contribution in [0.5, 0.6) is 0 Å². The summed E-state index contributed by atoms with van der Waals surface area (Å²) in [4.78, 5) is 12.5. The third-order valence-electron chi connectivity index (χ3n) is 8.79. The van der Waals surface area contributed by atoms with Gasteiger partial charge in [-0.15, -0.1) is 0 Å². The number of ketones is 1. The Labute approximate surface area is 135 Å². The molecule has 4 aliphatic rings. The van der Waals surface area contributed by atoms with E-state index in [1.807, 2.05) is 0 Å². The number of aliphatic hydroxyl groups is 1. The predicted molar refractivity (Wildman–Crippen MR) is 87.4 cm³/mol. The Morgan fingerprint density at radius 2 is 1.73 bits per heavy atom. The molecule has 22 heavy (non-hydrogen) atoms. The highest BCUT2D eigenvalue weighted by Crippen LogP contribution is 2.72. The van der Waals surface area contributed by atoms with Crippen molar-refractivity contribution in [3.05, 3.63) is 0 Å². The van der Waals surface area contributed by atoms with Gasteiger partial charge in [-0.05, 0) is 80.5 Å². The topological polar surface area (TPSA) is 37.3 Å². The van der Waals surface area contributed by atoms with Gasteiger partial charge in [-0.25, -0.2) is 0 Å². The van der Waals surface area contributed by atoms with E-state index >= 15 is 0 Å². The van der Waals surface area contributed by atoms with E-state index < -0.39 is 5.60 Å². The molecule has 0 saturated heterocycles. The van der Waals surface area contributed by atoms with Crippen molar-refractivity contribution in [3.63, 3.8) is 0 Å². The summed E-state index contributed by atoms with van der Waals surface area (Å²) in [5.41, 5.74) is 0.0831. The van der Waals surface area contributed by atoms with Crippen molar-refractivity contribution in [1.29, 1.82) is 0 Å². The number of fused-ring (bicyclic) bond motifs is 3. The highest BCUT2D eigenvalue weighted by Gasteiger charge is 2.67.